The lowest BCUT2D eigenvalue weighted by molar-refractivity contribution is -0.385. The Balaban J connectivity index is 2.58. The van der Waals surface area contributed by atoms with E-state index in [1.807, 2.05) is 5.43 Å². The topological polar surface area (TPSA) is 161 Å². The van der Waals surface area contributed by atoms with Gasteiger partial charge in [-0.15, -0.1) is 0 Å². The summed E-state index contributed by atoms with van der Waals surface area (Å²) in [7, 11) is 0. The maximum absolute atomic E-state index is 11.8. The number of hydrogen-bond acceptors (Lipinski definition) is 7. The van der Waals surface area contributed by atoms with Crippen LogP contribution in [0, 0.1) is 38.7 Å². The fourth-order valence-corrected chi connectivity index (χ4v) is 1.40. The first-order valence-electron chi connectivity index (χ1n) is 6.12. The van der Waals surface area contributed by atoms with E-state index in [0.717, 1.165) is 6.21 Å². The van der Waals surface area contributed by atoms with Gasteiger partial charge in [-0.25, -0.2) is 5.43 Å². The maximum Gasteiger partial charge on any atom is 0.282 e. The van der Waals surface area contributed by atoms with Crippen molar-refractivity contribution in [1.82, 2.24) is 10.7 Å². The molecule has 1 aromatic rings. The van der Waals surface area contributed by atoms with Crippen LogP contribution in [0.5, 0.6) is 0 Å². The lowest BCUT2D eigenvalue weighted by atomic mass is 10.1. The van der Waals surface area contributed by atoms with E-state index in [4.69, 9.17) is 10.5 Å². The van der Waals surface area contributed by atoms with Gasteiger partial charge in [0.25, 0.3) is 17.5 Å². The molecule has 0 spiro atoms. The number of para-hydroxylation sites is 1. The van der Waals surface area contributed by atoms with Crippen LogP contribution in [0.3, 0.4) is 0 Å². The molecule has 0 bridgehead atoms. The highest BCUT2D eigenvalue weighted by Gasteiger charge is 2.19. The summed E-state index contributed by atoms with van der Waals surface area (Å²) in [5.41, 5.74) is 1.45. The summed E-state index contributed by atoms with van der Waals surface area (Å²) in [4.78, 5) is 33.3. The Kier molecular flexibility index (Phi) is 6.37. The van der Waals surface area contributed by atoms with Crippen LogP contribution in [-0.2, 0) is 4.79 Å². The van der Waals surface area contributed by atoms with E-state index in [9.17, 15) is 19.7 Å². The molecule has 0 saturated heterocycles. The van der Waals surface area contributed by atoms with Gasteiger partial charge in [0, 0.05) is 6.07 Å². The lowest BCUT2D eigenvalue weighted by Crippen LogP contribution is -2.35. The Morgan fingerprint density at radius 2 is 2.00 bits per heavy atom. The van der Waals surface area contributed by atoms with Gasteiger partial charge >= 0.3 is 0 Å². The zero-order valence-electron chi connectivity index (χ0n) is 11.6. The molecule has 1 rings (SSSR count). The average molecular weight is 314 g/mol. The number of carbonyl (C=O) groups is 2. The Labute approximate surface area is 130 Å². The summed E-state index contributed by atoms with van der Waals surface area (Å²) in [6.45, 7) is -0.480. The van der Waals surface area contributed by atoms with Crippen molar-refractivity contribution in [3.63, 3.8) is 0 Å². The minimum absolute atomic E-state index is 0.178. The van der Waals surface area contributed by atoms with E-state index < -0.39 is 29.2 Å². The van der Waals surface area contributed by atoms with Crippen LogP contribution in [-0.4, -0.2) is 29.5 Å². The Morgan fingerprint density at radius 1 is 1.35 bits per heavy atom. The van der Waals surface area contributed by atoms with Crippen molar-refractivity contribution in [2.24, 2.45) is 11.0 Å². The molecule has 0 aromatic heterocycles. The number of nitrogens with zero attached hydrogens (tertiary/aromatic N) is 4. The second kappa shape index (κ2) is 8.49. The molecule has 10 heteroatoms. The molecule has 2 N–H and O–H groups in total. The number of nitrogens with one attached hydrogen (secondary N) is 2. The van der Waals surface area contributed by atoms with Crippen molar-refractivity contribution < 1.29 is 14.5 Å². The van der Waals surface area contributed by atoms with Crippen molar-refractivity contribution in [3.05, 3.63) is 39.9 Å². The Hall–Kier alpha value is -3.79. The first-order valence-corrected chi connectivity index (χ1v) is 6.12. The third kappa shape index (κ3) is 5.24. The van der Waals surface area contributed by atoms with E-state index in [-0.39, 0.29) is 11.3 Å². The van der Waals surface area contributed by atoms with Crippen LogP contribution in [0.25, 0.3) is 0 Å². The number of nitriles is 2. The molecule has 116 valence electrons. The molecule has 0 heterocycles. The minimum Gasteiger partial charge on any atom is -0.343 e. The zero-order valence-corrected chi connectivity index (χ0v) is 11.6. The molecule has 23 heavy (non-hydrogen) atoms. The van der Waals surface area contributed by atoms with Gasteiger partial charge in [-0.2, -0.15) is 15.6 Å². The number of nitro groups is 1. The highest BCUT2D eigenvalue weighted by Crippen LogP contribution is 2.16. The summed E-state index contributed by atoms with van der Waals surface area (Å²) in [6.07, 6.45) is 0.932. The van der Waals surface area contributed by atoms with Gasteiger partial charge in [0.1, 0.15) is 5.56 Å². The number of carbonyl (C=O) groups excluding carboxylic acids is 2. The molecule has 10 nitrogen and oxygen atoms in total. The van der Waals surface area contributed by atoms with Crippen molar-refractivity contribution >= 4 is 23.7 Å². The number of hydrogen-bond donors (Lipinski definition) is 2. The quantitative estimate of drug-likeness (QED) is 0.429. The van der Waals surface area contributed by atoms with Gasteiger partial charge in [0.05, 0.1) is 29.8 Å². The highest BCUT2D eigenvalue weighted by atomic mass is 16.6. The first-order chi connectivity index (χ1) is 11.0. The van der Waals surface area contributed by atoms with Gasteiger partial charge in [-0.05, 0) is 6.07 Å². The number of amides is 2. The first kappa shape index (κ1) is 17.3. The van der Waals surface area contributed by atoms with E-state index in [0.29, 0.717) is 0 Å². The normalized spacial score (nSPS) is 9.87. The summed E-state index contributed by atoms with van der Waals surface area (Å²) < 4.78 is 0. The molecule has 0 aliphatic carbocycles. The summed E-state index contributed by atoms with van der Waals surface area (Å²) >= 11 is 0. The minimum atomic E-state index is -1.10. The third-order valence-corrected chi connectivity index (χ3v) is 2.45. The molecule has 1 aromatic carbocycles. The van der Waals surface area contributed by atoms with Gasteiger partial charge in [-0.3, -0.25) is 19.7 Å². The molecular weight excluding hydrogens is 304 g/mol. The van der Waals surface area contributed by atoms with E-state index in [2.05, 4.69) is 10.4 Å². The molecule has 0 saturated carbocycles. The van der Waals surface area contributed by atoms with Crippen molar-refractivity contribution in [3.8, 4) is 12.1 Å². The third-order valence-electron chi connectivity index (χ3n) is 2.45. The SMILES string of the molecule is N#CC(C#N)C=NNC(=O)CNC(=O)c1ccccc1[N+](=O)[O-]. The molecule has 0 atom stereocenters. The second-order valence-electron chi connectivity index (χ2n) is 4.01. The standard InChI is InChI=1S/C13H10N6O4/c14-5-9(6-15)7-17-18-12(20)8-16-13(21)10-3-1-2-4-11(10)19(22)23/h1-4,7,9H,8H2,(H,16,21)(H,18,20). The summed E-state index contributed by atoms with van der Waals surface area (Å²) in [5, 5.41) is 33.3. The summed E-state index contributed by atoms with van der Waals surface area (Å²) in [6, 6.07) is 8.53. The van der Waals surface area contributed by atoms with E-state index in [1.54, 1.807) is 12.1 Å². The van der Waals surface area contributed by atoms with Crippen LogP contribution in [0.1, 0.15) is 10.4 Å². The van der Waals surface area contributed by atoms with Crippen LogP contribution in [0.4, 0.5) is 5.69 Å². The second-order valence-corrected chi connectivity index (χ2v) is 4.01. The zero-order chi connectivity index (χ0) is 17.2. The number of rotatable bonds is 6. The molecule has 0 fully saturated rings. The van der Waals surface area contributed by atoms with Crippen LogP contribution in [0.2, 0.25) is 0 Å². The molecule has 0 aliphatic rings. The fraction of sp³-hybridized carbons (Fsp3) is 0.154. The highest BCUT2D eigenvalue weighted by molar-refractivity contribution is 5.99. The molecule has 2 amide bonds. The van der Waals surface area contributed by atoms with Crippen molar-refractivity contribution in [2.75, 3.05) is 6.54 Å². The van der Waals surface area contributed by atoms with Gasteiger partial charge in [0.2, 0.25) is 0 Å². The largest absolute Gasteiger partial charge is 0.343 e. The van der Waals surface area contributed by atoms with Gasteiger partial charge in [0.15, 0.2) is 5.92 Å². The van der Waals surface area contributed by atoms with Crippen LogP contribution < -0.4 is 10.7 Å². The number of hydrazone groups is 1. The van der Waals surface area contributed by atoms with E-state index >= 15 is 0 Å². The monoisotopic (exact) mass is 314 g/mol. The van der Waals surface area contributed by atoms with E-state index in [1.165, 1.54) is 24.3 Å². The van der Waals surface area contributed by atoms with Crippen LogP contribution in [0.15, 0.2) is 29.4 Å². The number of benzene rings is 1. The number of nitro benzene ring substituents is 1. The van der Waals surface area contributed by atoms with Gasteiger partial charge < -0.3 is 5.32 Å². The smallest absolute Gasteiger partial charge is 0.282 e. The van der Waals surface area contributed by atoms with Crippen molar-refractivity contribution in [1.29, 1.82) is 10.5 Å². The Morgan fingerprint density at radius 3 is 2.61 bits per heavy atom. The van der Waals surface area contributed by atoms with Crippen LogP contribution >= 0.6 is 0 Å². The lowest BCUT2D eigenvalue weighted by Gasteiger charge is -2.04. The average Bonchev–Trinajstić information content (AvgIpc) is 2.56. The van der Waals surface area contributed by atoms with Crippen molar-refractivity contribution in [2.45, 2.75) is 0 Å². The Bertz CT molecular complexity index is 717. The molecule has 0 aliphatic heterocycles. The maximum atomic E-state index is 11.8. The predicted molar refractivity (Wildman–Crippen MR) is 76.8 cm³/mol. The fourth-order valence-electron chi connectivity index (χ4n) is 1.40. The van der Waals surface area contributed by atoms with Gasteiger partial charge in [-0.1, -0.05) is 12.1 Å². The summed E-state index contributed by atoms with van der Waals surface area (Å²) in [5.74, 6) is -2.61. The molecule has 0 unspecified atom stereocenters. The molecular formula is C13H10N6O4. The predicted octanol–water partition coefficient (Wildman–Crippen LogP) is 0.0900. The molecule has 0 radical (unpaired) electrons.